The maximum atomic E-state index is 13.8. The first-order valence-electron chi connectivity index (χ1n) is 8.88. The van der Waals surface area contributed by atoms with Crippen LogP contribution in [0.15, 0.2) is 71.8 Å². The first-order valence-corrected chi connectivity index (χ1v) is 10.4. The lowest BCUT2D eigenvalue weighted by atomic mass is 10.1. The minimum atomic E-state index is -4.07. The van der Waals surface area contributed by atoms with Crippen molar-refractivity contribution in [2.75, 3.05) is 4.72 Å². The summed E-state index contributed by atoms with van der Waals surface area (Å²) >= 11 is 0. The summed E-state index contributed by atoms with van der Waals surface area (Å²) in [5.74, 6) is -1.12. The Morgan fingerprint density at radius 3 is 2.48 bits per heavy atom. The number of rotatable bonds is 6. The Hall–Kier alpha value is -3.26. The van der Waals surface area contributed by atoms with E-state index in [2.05, 4.69) is 15.0 Å². The molecule has 2 N–H and O–H groups in total. The van der Waals surface area contributed by atoms with Gasteiger partial charge in [-0.15, -0.1) is 0 Å². The molecular weight excluding hydrogens is 393 g/mol. The van der Waals surface area contributed by atoms with Crippen LogP contribution in [0.5, 0.6) is 0 Å². The van der Waals surface area contributed by atoms with Gasteiger partial charge in [-0.05, 0) is 55.8 Å². The molecule has 0 saturated carbocycles. The topological polar surface area (TPSA) is 88.2 Å². The van der Waals surface area contributed by atoms with Gasteiger partial charge in [-0.25, -0.2) is 12.8 Å². The van der Waals surface area contributed by atoms with Gasteiger partial charge in [0.25, 0.3) is 15.9 Å². The van der Waals surface area contributed by atoms with Crippen LogP contribution < -0.4 is 10.0 Å². The van der Waals surface area contributed by atoms with Crippen molar-refractivity contribution < 1.29 is 17.6 Å². The number of nitrogens with one attached hydrogen (secondary N) is 2. The Bertz CT molecular complexity index is 1130. The van der Waals surface area contributed by atoms with Crippen molar-refractivity contribution in [3.8, 4) is 0 Å². The third-order valence-electron chi connectivity index (χ3n) is 4.36. The number of para-hydroxylation sites is 1. The summed E-state index contributed by atoms with van der Waals surface area (Å²) in [7, 11) is -4.07. The van der Waals surface area contributed by atoms with E-state index in [-0.39, 0.29) is 22.2 Å². The molecule has 6 nitrogen and oxygen atoms in total. The number of aromatic nitrogens is 1. The molecule has 0 spiro atoms. The predicted octanol–water partition coefficient (Wildman–Crippen LogP) is 3.82. The molecular formula is C21H20FN3O3S. The van der Waals surface area contributed by atoms with Crippen molar-refractivity contribution in [2.24, 2.45) is 0 Å². The first-order chi connectivity index (χ1) is 13.8. The highest BCUT2D eigenvalue weighted by atomic mass is 32.2. The average molecular weight is 413 g/mol. The summed E-state index contributed by atoms with van der Waals surface area (Å²) in [6.07, 6.45) is 1.63. The lowest BCUT2D eigenvalue weighted by molar-refractivity contribution is 0.0938. The van der Waals surface area contributed by atoms with E-state index in [1.807, 2.05) is 6.07 Å². The number of hydrogen-bond acceptors (Lipinski definition) is 4. The molecule has 1 atom stereocenters. The fourth-order valence-electron chi connectivity index (χ4n) is 2.74. The number of carbonyl (C=O) groups is 1. The van der Waals surface area contributed by atoms with Gasteiger partial charge >= 0.3 is 0 Å². The molecule has 8 heteroatoms. The molecule has 3 aromatic rings. The average Bonchev–Trinajstić information content (AvgIpc) is 2.70. The van der Waals surface area contributed by atoms with E-state index < -0.39 is 21.7 Å². The number of pyridine rings is 1. The number of anilines is 1. The second-order valence-electron chi connectivity index (χ2n) is 6.51. The standard InChI is InChI=1S/C21H20FN3O3S/c1-14-10-11-16(29(27,28)25-20-9-4-3-7-18(20)22)13-17(14)21(26)24-15(2)19-8-5-6-12-23-19/h3-13,15,25H,1-2H3,(H,24,26). The van der Waals surface area contributed by atoms with Crippen LogP contribution in [0.1, 0.15) is 34.6 Å². The van der Waals surface area contributed by atoms with Crippen molar-refractivity contribution in [1.29, 1.82) is 0 Å². The maximum absolute atomic E-state index is 13.8. The van der Waals surface area contributed by atoms with Gasteiger partial charge in [0.05, 0.1) is 22.3 Å². The van der Waals surface area contributed by atoms with Crippen molar-refractivity contribution in [2.45, 2.75) is 24.8 Å². The zero-order valence-electron chi connectivity index (χ0n) is 15.9. The number of benzene rings is 2. The van der Waals surface area contributed by atoms with Crippen LogP contribution >= 0.6 is 0 Å². The molecule has 1 amide bonds. The third-order valence-corrected chi connectivity index (χ3v) is 5.72. The molecule has 0 fully saturated rings. The summed E-state index contributed by atoms with van der Waals surface area (Å²) in [5.41, 5.74) is 1.34. The van der Waals surface area contributed by atoms with Crippen LogP contribution in [0.2, 0.25) is 0 Å². The van der Waals surface area contributed by atoms with Gasteiger partial charge in [0.1, 0.15) is 5.82 Å². The Morgan fingerprint density at radius 2 is 1.79 bits per heavy atom. The number of aryl methyl sites for hydroxylation is 1. The lowest BCUT2D eigenvalue weighted by Crippen LogP contribution is -2.28. The van der Waals surface area contributed by atoms with Crippen molar-refractivity contribution in [1.82, 2.24) is 10.3 Å². The number of amides is 1. The molecule has 1 unspecified atom stereocenters. The number of hydrogen-bond donors (Lipinski definition) is 2. The van der Waals surface area contributed by atoms with Crippen LogP contribution in [0, 0.1) is 12.7 Å². The normalized spacial score (nSPS) is 12.2. The van der Waals surface area contributed by atoms with E-state index in [0.29, 0.717) is 11.3 Å². The van der Waals surface area contributed by atoms with Crippen LogP contribution in [-0.4, -0.2) is 19.3 Å². The quantitative estimate of drug-likeness (QED) is 0.643. The largest absolute Gasteiger partial charge is 0.344 e. The van der Waals surface area contributed by atoms with E-state index >= 15 is 0 Å². The fraction of sp³-hybridized carbons (Fsp3) is 0.143. The molecule has 0 aliphatic rings. The van der Waals surface area contributed by atoms with E-state index in [1.54, 1.807) is 32.2 Å². The highest BCUT2D eigenvalue weighted by Gasteiger charge is 2.20. The molecule has 0 saturated heterocycles. The first kappa shape index (κ1) is 20.5. The second-order valence-corrected chi connectivity index (χ2v) is 8.19. The second kappa shape index (κ2) is 8.40. The van der Waals surface area contributed by atoms with Crippen LogP contribution in [0.4, 0.5) is 10.1 Å². The van der Waals surface area contributed by atoms with Crippen LogP contribution in [-0.2, 0) is 10.0 Å². The van der Waals surface area contributed by atoms with Crippen molar-refractivity contribution >= 4 is 21.6 Å². The Labute approximate surface area is 168 Å². The fourth-order valence-corrected chi connectivity index (χ4v) is 3.83. The maximum Gasteiger partial charge on any atom is 0.262 e. The van der Waals surface area contributed by atoms with Gasteiger partial charge in [0, 0.05) is 11.8 Å². The molecule has 150 valence electrons. The van der Waals surface area contributed by atoms with Crippen molar-refractivity contribution in [3.05, 3.63) is 89.5 Å². The molecule has 0 aliphatic heterocycles. The zero-order chi connectivity index (χ0) is 21.0. The highest BCUT2D eigenvalue weighted by molar-refractivity contribution is 7.92. The van der Waals surface area contributed by atoms with Crippen LogP contribution in [0.3, 0.4) is 0 Å². The molecule has 3 rings (SSSR count). The number of nitrogens with zero attached hydrogens (tertiary/aromatic N) is 1. The van der Waals surface area contributed by atoms with E-state index in [1.165, 1.54) is 36.4 Å². The molecule has 1 heterocycles. The lowest BCUT2D eigenvalue weighted by Gasteiger charge is -2.15. The highest BCUT2D eigenvalue weighted by Crippen LogP contribution is 2.21. The van der Waals surface area contributed by atoms with Crippen LogP contribution in [0.25, 0.3) is 0 Å². The van der Waals surface area contributed by atoms with Gasteiger partial charge in [-0.2, -0.15) is 0 Å². The Morgan fingerprint density at radius 1 is 1.07 bits per heavy atom. The van der Waals surface area contributed by atoms with Gasteiger partial charge < -0.3 is 5.32 Å². The Kier molecular flexibility index (Phi) is 5.93. The minimum absolute atomic E-state index is 0.137. The Balaban J connectivity index is 1.85. The predicted molar refractivity (Wildman–Crippen MR) is 109 cm³/mol. The number of halogens is 1. The van der Waals surface area contributed by atoms with Crippen molar-refractivity contribution in [3.63, 3.8) is 0 Å². The molecule has 29 heavy (non-hydrogen) atoms. The zero-order valence-corrected chi connectivity index (χ0v) is 16.7. The minimum Gasteiger partial charge on any atom is -0.344 e. The van der Waals surface area contributed by atoms with E-state index in [9.17, 15) is 17.6 Å². The molecule has 0 aliphatic carbocycles. The molecule has 2 aromatic carbocycles. The number of sulfonamides is 1. The van der Waals surface area contributed by atoms with E-state index in [4.69, 9.17) is 0 Å². The summed E-state index contributed by atoms with van der Waals surface area (Å²) in [5, 5.41) is 2.81. The van der Waals surface area contributed by atoms with Gasteiger partial charge in [-0.3, -0.25) is 14.5 Å². The monoisotopic (exact) mass is 413 g/mol. The summed E-state index contributed by atoms with van der Waals surface area (Å²) in [4.78, 5) is 16.8. The van der Waals surface area contributed by atoms with E-state index in [0.717, 1.165) is 6.07 Å². The summed E-state index contributed by atoms with van der Waals surface area (Å²) < 4.78 is 41.4. The van der Waals surface area contributed by atoms with Gasteiger partial charge in [-0.1, -0.05) is 24.3 Å². The molecule has 0 bridgehead atoms. The third kappa shape index (κ3) is 4.78. The summed E-state index contributed by atoms with van der Waals surface area (Å²) in [6, 6.07) is 14.7. The SMILES string of the molecule is Cc1ccc(S(=O)(=O)Nc2ccccc2F)cc1C(=O)NC(C)c1ccccn1. The smallest absolute Gasteiger partial charge is 0.262 e. The van der Waals surface area contributed by atoms with Gasteiger partial charge in [0.2, 0.25) is 0 Å². The van der Waals surface area contributed by atoms with Gasteiger partial charge in [0.15, 0.2) is 0 Å². The molecule has 0 radical (unpaired) electrons. The summed E-state index contributed by atoms with van der Waals surface area (Å²) in [6.45, 7) is 3.50. The number of carbonyl (C=O) groups excluding carboxylic acids is 1. The molecule has 1 aromatic heterocycles.